The van der Waals surface area contributed by atoms with Gasteiger partial charge in [0.05, 0.1) is 13.5 Å². The summed E-state index contributed by atoms with van der Waals surface area (Å²) in [5.41, 5.74) is 1.12. The molecule has 8 nitrogen and oxygen atoms in total. The van der Waals surface area contributed by atoms with E-state index in [2.05, 4.69) is 0 Å². The first-order chi connectivity index (χ1) is 17.4. The highest BCUT2D eigenvalue weighted by molar-refractivity contribution is 5.94. The molecule has 0 amide bonds. The molecule has 8 heteroatoms. The smallest absolute Gasteiger partial charge is 0.306 e. The Bertz CT molecular complexity index is 1570. The lowest BCUT2D eigenvalue weighted by molar-refractivity contribution is -0.140. The minimum Gasteiger partial charge on any atom is -0.504 e. The maximum atomic E-state index is 13.1. The third-order valence-corrected chi connectivity index (χ3v) is 6.24. The zero-order valence-corrected chi connectivity index (χ0v) is 19.2. The van der Waals surface area contributed by atoms with Gasteiger partial charge in [0.1, 0.15) is 29.1 Å². The number of aromatic hydroxyl groups is 3. The zero-order chi connectivity index (χ0) is 25.4. The van der Waals surface area contributed by atoms with Crippen LogP contribution in [0.5, 0.6) is 23.0 Å². The van der Waals surface area contributed by atoms with Crippen molar-refractivity contribution in [2.24, 2.45) is 0 Å². The van der Waals surface area contributed by atoms with Gasteiger partial charge in [-0.1, -0.05) is 48.5 Å². The summed E-state index contributed by atoms with van der Waals surface area (Å²) >= 11 is 0. The van der Waals surface area contributed by atoms with Gasteiger partial charge in [-0.25, -0.2) is 0 Å². The first kappa shape index (κ1) is 23.0. The van der Waals surface area contributed by atoms with Gasteiger partial charge in [0.15, 0.2) is 16.9 Å². The Hall–Kier alpha value is -4.72. The largest absolute Gasteiger partial charge is 0.504 e. The predicted molar refractivity (Wildman–Crippen MR) is 132 cm³/mol. The van der Waals surface area contributed by atoms with Crippen molar-refractivity contribution < 1.29 is 34.0 Å². The van der Waals surface area contributed by atoms with E-state index >= 15 is 0 Å². The lowest BCUT2D eigenvalue weighted by Crippen LogP contribution is -2.18. The number of hydrogen-bond acceptors (Lipinski definition) is 8. The standard InChI is InChI=1S/C28H22O8/c1-34-22(30)12-18(17-11-16-9-5-6-10-20(16)35-14-17)23-25(31)27(33)26(32)24-19(29)13-21(36-28(23)24)15-7-3-2-4-8-15/h2-11,13,18,31-33H,12,14H2,1H3. The predicted octanol–water partition coefficient (Wildman–Crippen LogP) is 4.70. The molecule has 3 N–H and O–H groups in total. The maximum Gasteiger partial charge on any atom is 0.306 e. The van der Waals surface area contributed by atoms with Crippen LogP contribution in [-0.4, -0.2) is 35.0 Å². The van der Waals surface area contributed by atoms with E-state index in [0.29, 0.717) is 16.9 Å². The van der Waals surface area contributed by atoms with Gasteiger partial charge in [0.2, 0.25) is 5.75 Å². The molecule has 0 saturated carbocycles. The van der Waals surface area contributed by atoms with Crippen molar-refractivity contribution in [1.82, 2.24) is 0 Å². The summed E-state index contributed by atoms with van der Waals surface area (Å²) in [5.74, 6) is -3.06. The molecule has 3 aromatic carbocycles. The van der Waals surface area contributed by atoms with Gasteiger partial charge in [-0.05, 0) is 17.7 Å². The minimum atomic E-state index is -0.908. The average Bonchev–Trinajstić information content (AvgIpc) is 2.91. The minimum absolute atomic E-state index is 0.0326. The summed E-state index contributed by atoms with van der Waals surface area (Å²) in [4.78, 5) is 25.6. The van der Waals surface area contributed by atoms with Crippen molar-refractivity contribution in [3.05, 3.63) is 87.6 Å². The molecule has 36 heavy (non-hydrogen) atoms. The topological polar surface area (TPSA) is 126 Å². The molecule has 5 rings (SSSR count). The first-order valence-electron chi connectivity index (χ1n) is 11.2. The van der Waals surface area contributed by atoms with Crippen molar-refractivity contribution in [3.8, 4) is 34.3 Å². The number of carbonyl (C=O) groups is 1. The highest BCUT2D eigenvalue weighted by atomic mass is 16.5. The Balaban J connectivity index is 1.81. The molecule has 0 fully saturated rings. The van der Waals surface area contributed by atoms with E-state index in [1.807, 2.05) is 36.4 Å². The van der Waals surface area contributed by atoms with Crippen LogP contribution in [0.3, 0.4) is 0 Å². The highest BCUT2D eigenvalue weighted by Crippen LogP contribution is 2.50. The number of fused-ring (bicyclic) bond motifs is 2. The fourth-order valence-electron chi connectivity index (χ4n) is 4.44. The van der Waals surface area contributed by atoms with Crippen LogP contribution in [-0.2, 0) is 9.53 Å². The molecule has 1 aliphatic rings. The molecule has 0 aliphatic carbocycles. The van der Waals surface area contributed by atoms with Gasteiger partial charge in [-0.2, -0.15) is 0 Å². The molecule has 1 aliphatic heterocycles. The molecule has 182 valence electrons. The first-order valence-corrected chi connectivity index (χ1v) is 11.2. The molecular weight excluding hydrogens is 464 g/mol. The highest BCUT2D eigenvalue weighted by Gasteiger charge is 2.33. The van der Waals surface area contributed by atoms with Gasteiger partial charge in [0.25, 0.3) is 0 Å². The number of methoxy groups -OCH3 is 1. The van der Waals surface area contributed by atoms with Crippen molar-refractivity contribution in [3.63, 3.8) is 0 Å². The quantitative estimate of drug-likeness (QED) is 0.274. The van der Waals surface area contributed by atoms with Crippen LogP contribution < -0.4 is 10.2 Å². The number of carbonyl (C=O) groups excluding carboxylic acids is 1. The van der Waals surface area contributed by atoms with Crippen LogP contribution in [0.15, 0.2) is 75.4 Å². The number of rotatable bonds is 5. The number of ether oxygens (including phenoxy) is 2. The lowest BCUT2D eigenvalue weighted by Gasteiger charge is -2.26. The van der Waals surface area contributed by atoms with Crippen LogP contribution in [0.25, 0.3) is 28.4 Å². The molecule has 4 aromatic rings. The molecule has 1 atom stereocenters. The molecule has 0 radical (unpaired) electrons. The fourth-order valence-corrected chi connectivity index (χ4v) is 4.44. The Kier molecular flexibility index (Phi) is 5.85. The Morgan fingerprint density at radius 1 is 1.00 bits per heavy atom. The van der Waals surface area contributed by atoms with E-state index < -0.39 is 34.6 Å². The monoisotopic (exact) mass is 486 g/mol. The molecule has 0 bridgehead atoms. The number of benzene rings is 3. The number of hydrogen-bond donors (Lipinski definition) is 3. The summed E-state index contributed by atoms with van der Waals surface area (Å²) in [6.45, 7) is 0.0733. The van der Waals surface area contributed by atoms with E-state index in [1.165, 1.54) is 13.2 Å². The van der Waals surface area contributed by atoms with E-state index in [9.17, 15) is 24.9 Å². The van der Waals surface area contributed by atoms with Crippen molar-refractivity contribution in [1.29, 1.82) is 0 Å². The third kappa shape index (κ3) is 3.92. The molecular formula is C28H22O8. The molecule has 1 aromatic heterocycles. The van der Waals surface area contributed by atoms with Crippen LogP contribution >= 0.6 is 0 Å². The SMILES string of the molecule is COC(=O)CC(C1=Cc2ccccc2OC1)c1c(O)c(O)c(O)c2c(=O)cc(-c3ccccc3)oc12. The summed E-state index contributed by atoms with van der Waals surface area (Å²) in [7, 11) is 1.24. The number of phenols is 3. The zero-order valence-electron chi connectivity index (χ0n) is 19.2. The maximum absolute atomic E-state index is 13.1. The Morgan fingerprint density at radius 2 is 1.72 bits per heavy atom. The summed E-state index contributed by atoms with van der Waals surface area (Å²) in [6, 6.07) is 17.3. The number of phenolic OH excluding ortho intramolecular Hbond substituents is 3. The van der Waals surface area contributed by atoms with Crippen molar-refractivity contribution in [2.75, 3.05) is 13.7 Å². The summed E-state index contributed by atoms with van der Waals surface area (Å²) < 4.78 is 16.8. The molecule has 0 spiro atoms. The second-order valence-electron chi connectivity index (χ2n) is 8.38. The van der Waals surface area contributed by atoms with Gasteiger partial charge in [-0.3, -0.25) is 9.59 Å². The Morgan fingerprint density at radius 3 is 2.47 bits per heavy atom. The van der Waals surface area contributed by atoms with E-state index in [1.54, 1.807) is 24.3 Å². The molecule has 2 heterocycles. The van der Waals surface area contributed by atoms with Gasteiger partial charge < -0.3 is 29.2 Å². The van der Waals surface area contributed by atoms with Crippen molar-refractivity contribution in [2.45, 2.75) is 12.3 Å². The van der Waals surface area contributed by atoms with Gasteiger partial charge in [0, 0.05) is 28.7 Å². The van der Waals surface area contributed by atoms with Crippen molar-refractivity contribution >= 4 is 23.0 Å². The van der Waals surface area contributed by atoms with Crippen LogP contribution in [0.4, 0.5) is 0 Å². The van der Waals surface area contributed by atoms with Gasteiger partial charge >= 0.3 is 5.97 Å². The second-order valence-corrected chi connectivity index (χ2v) is 8.38. The van der Waals surface area contributed by atoms with E-state index in [4.69, 9.17) is 13.9 Å². The van der Waals surface area contributed by atoms with Gasteiger partial charge in [-0.15, -0.1) is 0 Å². The number of esters is 1. The molecule has 0 saturated heterocycles. The van der Waals surface area contributed by atoms with E-state index in [-0.39, 0.29) is 35.3 Å². The van der Waals surface area contributed by atoms with Crippen LogP contribution in [0.2, 0.25) is 0 Å². The fraction of sp³-hybridized carbons (Fsp3) is 0.143. The van der Waals surface area contributed by atoms with E-state index in [0.717, 1.165) is 5.56 Å². The van der Waals surface area contributed by atoms with Crippen LogP contribution in [0, 0.1) is 0 Å². The lowest BCUT2D eigenvalue weighted by atomic mass is 9.84. The Labute approximate surface area is 205 Å². The summed E-state index contributed by atoms with van der Waals surface area (Å²) in [5, 5.41) is 31.8. The second kappa shape index (κ2) is 9.14. The third-order valence-electron chi connectivity index (χ3n) is 6.24. The normalized spacial score (nSPS) is 13.4. The number of para-hydroxylation sites is 1. The average molecular weight is 486 g/mol. The molecule has 1 unspecified atom stereocenters. The summed E-state index contributed by atoms with van der Waals surface area (Å²) in [6.07, 6.45) is 1.57. The van der Waals surface area contributed by atoms with Crippen LogP contribution in [0.1, 0.15) is 23.5 Å².